The molecule has 0 atom stereocenters. The number of amides is 1. The number of rotatable bonds is 8. The quantitative estimate of drug-likeness (QED) is 0.400. The highest BCUT2D eigenvalue weighted by Gasteiger charge is 2.10. The summed E-state index contributed by atoms with van der Waals surface area (Å²) in [5, 5.41) is 4.29. The molecule has 3 aromatic carbocycles. The van der Waals surface area contributed by atoms with Crippen LogP contribution in [0.5, 0.6) is 17.2 Å². The summed E-state index contributed by atoms with van der Waals surface area (Å²) in [5.41, 5.74) is 3.89. The molecular weight excluding hydrogens is 423 g/mol. The summed E-state index contributed by atoms with van der Waals surface area (Å²) >= 11 is 6.24. The number of carbonyl (C=O) groups is 1. The van der Waals surface area contributed by atoms with Gasteiger partial charge in [0.15, 0.2) is 11.5 Å². The Bertz CT molecular complexity index is 1100. The lowest BCUT2D eigenvalue weighted by atomic mass is 10.2. The van der Waals surface area contributed by atoms with E-state index in [4.69, 9.17) is 25.8 Å². The second kappa shape index (κ2) is 10.4. The fourth-order valence-corrected chi connectivity index (χ4v) is 2.94. The van der Waals surface area contributed by atoms with E-state index in [1.807, 2.05) is 0 Å². The third kappa shape index (κ3) is 5.73. The molecule has 0 heterocycles. The van der Waals surface area contributed by atoms with Gasteiger partial charge in [0, 0.05) is 11.1 Å². The van der Waals surface area contributed by atoms with Crippen LogP contribution in [-0.4, -0.2) is 26.3 Å². The van der Waals surface area contributed by atoms with Gasteiger partial charge in [0.1, 0.15) is 18.2 Å². The van der Waals surface area contributed by atoms with E-state index in [9.17, 15) is 9.18 Å². The van der Waals surface area contributed by atoms with E-state index in [1.54, 1.807) is 54.6 Å². The average Bonchev–Trinajstić information content (AvgIpc) is 2.79. The van der Waals surface area contributed by atoms with Crippen LogP contribution in [0.2, 0.25) is 5.02 Å². The molecule has 0 aliphatic carbocycles. The van der Waals surface area contributed by atoms with Crippen molar-refractivity contribution in [3.63, 3.8) is 0 Å². The predicted molar refractivity (Wildman–Crippen MR) is 117 cm³/mol. The lowest BCUT2D eigenvalue weighted by Gasteiger charge is -2.09. The number of halogens is 2. The van der Waals surface area contributed by atoms with Gasteiger partial charge < -0.3 is 14.2 Å². The largest absolute Gasteiger partial charge is 0.493 e. The van der Waals surface area contributed by atoms with Crippen molar-refractivity contribution in [2.75, 3.05) is 14.2 Å². The molecule has 160 valence electrons. The minimum Gasteiger partial charge on any atom is -0.493 e. The molecule has 3 rings (SSSR count). The number of ether oxygens (including phenoxy) is 3. The number of carbonyl (C=O) groups excluding carboxylic acids is 1. The van der Waals surface area contributed by atoms with Gasteiger partial charge in [-0.15, -0.1) is 0 Å². The van der Waals surface area contributed by atoms with Crippen molar-refractivity contribution >= 4 is 23.7 Å². The Labute approximate surface area is 184 Å². The second-order valence-corrected chi connectivity index (χ2v) is 6.75. The Morgan fingerprint density at radius 2 is 1.77 bits per heavy atom. The van der Waals surface area contributed by atoms with Crippen LogP contribution in [0.4, 0.5) is 4.39 Å². The molecule has 1 N–H and O–H groups in total. The van der Waals surface area contributed by atoms with Gasteiger partial charge in [-0.25, -0.2) is 9.82 Å². The molecule has 0 unspecified atom stereocenters. The highest BCUT2D eigenvalue weighted by molar-refractivity contribution is 6.32. The number of nitrogens with one attached hydrogen (secondary N) is 1. The Kier molecular flexibility index (Phi) is 7.45. The number of nitrogens with zero attached hydrogens (tertiary/aromatic N) is 1. The van der Waals surface area contributed by atoms with Gasteiger partial charge in [-0.1, -0.05) is 29.8 Å². The number of hydrazone groups is 1. The number of hydrogen-bond donors (Lipinski definition) is 1. The first-order chi connectivity index (χ1) is 15.0. The van der Waals surface area contributed by atoms with Crippen molar-refractivity contribution in [3.8, 4) is 17.2 Å². The van der Waals surface area contributed by atoms with Crippen molar-refractivity contribution < 1.29 is 23.4 Å². The topological polar surface area (TPSA) is 69.2 Å². The zero-order chi connectivity index (χ0) is 22.2. The predicted octanol–water partition coefficient (Wildman–Crippen LogP) is 4.84. The molecule has 0 aromatic heterocycles. The van der Waals surface area contributed by atoms with E-state index in [0.29, 0.717) is 39.0 Å². The molecule has 0 aliphatic rings. The molecule has 0 radical (unpaired) electrons. The van der Waals surface area contributed by atoms with Crippen LogP contribution in [0.15, 0.2) is 65.8 Å². The summed E-state index contributed by atoms with van der Waals surface area (Å²) in [4.78, 5) is 12.3. The Hall–Kier alpha value is -3.58. The minimum atomic E-state index is -0.409. The summed E-state index contributed by atoms with van der Waals surface area (Å²) in [6.07, 6.45) is 1.45. The summed E-state index contributed by atoms with van der Waals surface area (Å²) < 4.78 is 29.6. The molecule has 8 heteroatoms. The molecule has 31 heavy (non-hydrogen) atoms. The molecule has 0 aliphatic heterocycles. The van der Waals surface area contributed by atoms with Crippen molar-refractivity contribution in [3.05, 3.63) is 88.2 Å². The van der Waals surface area contributed by atoms with Gasteiger partial charge in [0.25, 0.3) is 5.91 Å². The van der Waals surface area contributed by atoms with Crippen molar-refractivity contribution in [1.29, 1.82) is 0 Å². The number of benzene rings is 3. The van der Waals surface area contributed by atoms with Crippen LogP contribution in [0, 0.1) is 5.82 Å². The van der Waals surface area contributed by atoms with Crippen LogP contribution >= 0.6 is 11.6 Å². The molecule has 0 saturated heterocycles. The third-order valence-electron chi connectivity index (χ3n) is 4.32. The van der Waals surface area contributed by atoms with Gasteiger partial charge in [-0.2, -0.15) is 5.10 Å². The Morgan fingerprint density at radius 1 is 1.03 bits per heavy atom. The van der Waals surface area contributed by atoms with Gasteiger partial charge in [0.05, 0.1) is 25.5 Å². The van der Waals surface area contributed by atoms with E-state index >= 15 is 0 Å². The minimum absolute atomic E-state index is 0.0568. The first-order valence-corrected chi connectivity index (χ1v) is 9.61. The molecule has 0 saturated carbocycles. The molecule has 0 bridgehead atoms. The van der Waals surface area contributed by atoms with Crippen LogP contribution in [-0.2, 0) is 6.61 Å². The normalized spacial score (nSPS) is 10.7. The number of methoxy groups -OCH3 is 2. The standard InChI is InChI=1S/C23H20ClFN2O4/c1-29-21-10-8-16(12-22(21)30-2)23(28)27-26-13-15-7-9-20(18(24)11-15)31-14-17-5-3-4-6-19(17)25/h3-13H,14H2,1-2H3,(H,27,28)/b26-13+. The molecule has 0 spiro atoms. The second-order valence-electron chi connectivity index (χ2n) is 6.34. The highest BCUT2D eigenvalue weighted by atomic mass is 35.5. The van der Waals surface area contributed by atoms with Crippen LogP contribution in [0.1, 0.15) is 21.5 Å². The van der Waals surface area contributed by atoms with Gasteiger partial charge in [-0.05, 0) is 48.0 Å². The van der Waals surface area contributed by atoms with Crippen molar-refractivity contribution in [2.45, 2.75) is 6.61 Å². The lowest BCUT2D eigenvalue weighted by molar-refractivity contribution is 0.0954. The van der Waals surface area contributed by atoms with Crippen molar-refractivity contribution in [1.82, 2.24) is 5.43 Å². The maximum absolute atomic E-state index is 13.7. The van der Waals surface area contributed by atoms with E-state index in [-0.39, 0.29) is 12.4 Å². The molecule has 1 amide bonds. The summed E-state index contributed by atoms with van der Waals surface area (Å²) in [5.74, 6) is 0.628. The first-order valence-electron chi connectivity index (χ1n) is 9.23. The van der Waals surface area contributed by atoms with E-state index in [0.717, 1.165) is 0 Å². The smallest absolute Gasteiger partial charge is 0.271 e. The average molecular weight is 443 g/mol. The fraction of sp³-hybridized carbons (Fsp3) is 0.130. The van der Waals surface area contributed by atoms with E-state index in [2.05, 4.69) is 10.5 Å². The SMILES string of the molecule is COc1ccc(C(=O)N/N=C/c2ccc(OCc3ccccc3F)c(Cl)c2)cc1OC. The zero-order valence-electron chi connectivity index (χ0n) is 16.9. The van der Waals surface area contributed by atoms with Gasteiger partial charge in [-0.3, -0.25) is 4.79 Å². The Morgan fingerprint density at radius 3 is 2.48 bits per heavy atom. The lowest BCUT2D eigenvalue weighted by Crippen LogP contribution is -2.17. The maximum atomic E-state index is 13.7. The third-order valence-corrected chi connectivity index (χ3v) is 4.62. The van der Waals surface area contributed by atoms with Gasteiger partial charge in [0.2, 0.25) is 0 Å². The maximum Gasteiger partial charge on any atom is 0.271 e. The van der Waals surface area contributed by atoms with E-state index in [1.165, 1.54) is 26.5 Å². The monoisotopic (exact) mass is 442 g/mol. The van der Waals surface area contributed by atoms with Gasteiger partial charge >= 0.3 is 0 Å². The van der Waals surface area contributed by atoms with Crippen LogP contribution in [0.25, 0.3) is 0 Å². The van der Waals surface area contributed by atoms with Crippen molar-refractivity contribution in [2.24, 2.45) is 5.10 Å². The molecular formula is C23H20ClFN2O4. The van der Waals surface area contributed by atoms with Crippen LogP contribution in [0.3, 0.4) is 0 Å². The molecule has 6 nitrogen and oxygen atoms in total. The summed E-state index contributed by atoms with van der Waals surface area (Å²) in [7, 11) is 3.01. The molecule has 0 fully saturated rings. The number of hydrogen-bond acceptors (Lipinski definition) is 5. The Balaban J connectivity index is 1.60. The zero-order valence-corrected chi connectivity index (χ0v) is 17.7. The van der Waals surface area contributed by atoms with Crippen LogP contribution < -0.4 is 19.6 Å². The van der Waals surface area contributed by atoms with E-state index < -0.39 is 5.91 Å². The molecule has 3 aromatic rings. The fourth-order valence-electron chi connectivity index (χ4n) is 2.69. The first kappa shape index (κ1) is 22.1. The highest BCUT2D eigenvalue weighted by Crippen LogP contribution is 2.28. The summed E-state index contributed by atoms with van der Waals surface area (Å²) in [6.45, 7) is 0.0568. The summed E-state index contributed by atoms with van der Waals surface area (Å²) in [6, 6.07) is 16.2.